The van der Waals surface area contributed by atoms with Crippen LogP contribution >= 0.6 is 0 Å². The molecule has 2 rings (SSSR count). The summed E-state index contributed by atoms with van der Waals surface area (Å²) in [7, 11) is -3.14. The highest BCUT2D eigenvalue weighted by Crippen LogP contribution is 2.10. The molecule has 2 amide bonds. The summed E-state index contributed by atoms with van der Waals surface area (Å²) in [6, 6.07) is 6.48. The van der Waals surface area contributed by atoms with E-state index in [0.717, 1.165) is 11.0 Å². The number of benzene rings is 1. The van der Waals surface area contributed by atoms with Crippen LogP contribution in [-0.4, -0.2) is 26.2 Å². The third kappa shape index (κ3) is 3.33. The molecule has 0 aromatic heterocycles. The van der Waals surface area contributed by atoms with Crippen molar-refractivity contribution >= 4 is 21.6 Å². The second kappa shape index (κ2) is 4.81. The monoisotopic (exact) mass is 266 g/mol. The van der Waals surface area contributed by atoms with E-state index in [4.69, 9.17) is 0 Å². The molecule has 5 nitrogen and oxygen atoms in total. The summed E-state index contributed by atoms with van der Waals surface area (Å²) >= 11 is 0. The average Bonchev–Trinajstić information content (AvgIpc) is 2.61. The van der Waals surface area contributed by atoms with Crippen molar-refractivity contribution in [2.75, 3.05) is 11.1 Å². The van der Waals surface area contributed by atoms with Crippen LogP contribution in [0.25, 0.3) is 0 Å². The van der Waals surface area contributed by atoms with Crippen LogP contribution in [0.3, 0.4) is 0 Å². The minimum Gasteiger partial charge on any atom is -0.331 e. The Kier molecular flexibility index (Phi) is 3.38. The average molecular weight is 266 g/mol. The van der Waals surface area contributed by atoms with Crippen LogP contribution in [0.1, 0.15) is 5.56 Å². The smallest absolute Gasteiger partial charge is 0.319 e. The largest absolute Gasteiger partial charge is 0.331 e. The van der Waals surface area contributed by atoms with Crippen molar-refractivity contribution < 1.29 is 13.2 Å². The number of hydrogen-bond acceptors (Lipinski definition) is 3. The fourth-order valence-electron chi connectivity index (χ4n) is 1.64. The molecule has 1 aliphatic rings. The van der Waals surface area contributed by atoms with Crippen molar-refractivity contribution in [2.24, 2.45) is 0 Å². The van der Waals surface area contributed by atoms with E-state index in [9.17, 15) is 13.2 Å². The van der Waals surface area contributed by atoms with Gasteiger partial charge >= 0.3 is 6.03 Å². The molecule has 1 aromatic rings. The Hall–Kier alpha value is -1.82. The second-order valence-electron chi connectivity index (χ2n) is 4.23. The maximum absolute atomic E-state index is 11.6. The fraction of sp³-hybridized carbons (Fsp3) is 0.250. The van der Waals surface area contributed by atoms with Crippen molar-refractivity contribution in [3.63, 3.8) is 0 Å². The number of nitrogens with one attached hydrogen (secondary N) is 2. The summed E-state index contributed by atoms with van der Waals surface area (Å²) < 4.78 is 22.3. The number of anilines is 1. The Morgan fingerprint density at radius 3 is 2.50 bits per heavy atom. The lowest BCUT2D eigenvalue weighted by molar-refractivity contribution is 0.251. The molecule has 0 radical (unpaired) electrons. The molecular formula is C12H14N2O3S. The Balaban J connectivity index is 1.90. The molecule has 1 unspecified atom stereocenters. The van der Waals surface area contributed by atoms with Gasteiger partial charge in [-0.3, -0.25) is 0 Å². The topological polar surface area (TPSA) is 75.3 Å². The number of hydrogen-bond donors (Lipinski definition) is 2. The van der Waals surface area contributed by atoms with Crippen LogP contribution in [0, 0.1) is 6.92 Å². The molecule has 1 aromatic carbocycles. The molecule has 0 spiro atoms. The van der Waals surface area contributed by atoms with Crippen molar-refractivity contribution in [1.29, 1.82) is 0 Å². The summed E-state index contributed by atoms with van der Waals surface area (Å²) in [6.45, 7) is 1.96. The first-order valence-electron chi connectivity index (χ1n) is 5.50. The van der Waals surface area contributed by atoms with Crippen LogP contribution in [0.2, 0.25) is 0 Å². The maximum atomic E-state index is 11.6. The lowest BCUT2D eigenvalue weighted by Crippen LogP contribution is -2.38. The van der Waals surface area contributed by atoms with Gasteiger partial charge in [0.25, 0.3) is 0 Å². The van der Waals surface area contributed by atoms with Gasteiger partial charge in [-0.15, -0.1) is 0 Å². The Morgan fingerprint density at radius 1 is 1.28 bits per heavy atom. The normalized spacial score (nSPS) is 20.6. The molecule has 0 saturated carbocycles. The van der Waals surface area contributed by atoms with Crippen molar-refractivity contribution in [3.05, 3.63) is 41.3 Å². The predicted octanol–water partition coefficient (Wildman–Crippen LogP) is 1.43. The van der Waals surface area contributed by atoms with Crippen molar-refractivity contribution in [3.8, 4) is 0 Å². The van der Waals surface area contributed by atoms with Gasteiger partial charge in [0.15, 0.2) is 9.84 Å². The number of carbonyl (C=O) groups is 1. The quantitative estimate of drug-likeness (QED) is 0.850. The summed E-state index contributed by atoms with van der Waals surface area (Å²) in [6.07, 6.45) is 1.48. The highest BCUT2D eigenvalue weighted by molar-refractivity contribution is 7.94. The molecule has 0 bridgehead atoms. The molecule has 18 heavy (non-hydrogen) atoms. The second-order valence-corrected chi connectivity index (χ2v) is 6.16. The third-order valence-electron chi connectivity index (χ3n) is 2.56. The van der Waals surface area contributed by atoms with E-state index in [2.05, 4.69) is 10.6 Å². The summed E-state index contributed by atoms with van der Waals surface area (Å²) in [4.78, 5) is 11.6. The Morgan fingerprint density at radius 2 is 1.94 bits per heavy atom. The van der Waals surface area contributed by atoms with Gasteiger partial charge in [-0.1, -0.05) is 17.7 Å². The summed E-state index contributed by atoms with van der Waals surface area (Å²) in [5, 5.41) is 6.35. The lowest BCUT2D eigenvalue weighted by Gasteiger charge is -2.11. The molecular weight excluding hydrogens is 252 g/mol. The van der Waals surface area contributed by atoms with Gasteiger partial charge in [-0.05, 0) is 25.1 Å². The van der Waals surface area contributed by atoms with E-state index in [1.165, 1.54) is 6.08 Å². The zero-order chi connectivity index (χ0) is 13.2. The highest BCUT2D eigenvalue weighted by atomic mass is 32.2. The van der Waals surface area contributed by atoms with Crippen LogP contribution in [-0.2, 0) is 9.84 Å². The predicted molar refractivity (Wildman–Crippen MR) is 70.0 cm³/mol. The first-order chi connectivity index (χ1) is 8.44. The number of aryl methyl sites for hydroxylation is 1. The van der Waals surface area contributed by atoms with Crippen molar-refractivity contribution in [1.82, 2.24) is 5.32 Å². The first kappa shape index (κ1) is 12.6. The molecule has 0 aliphatic carbocycles. The van der Waals surface area contributed by atoms with Gasteiger partial charge in [0.05, 0.1) is 11.8 Å². The number of sulfone groups is 1. The molecule has 0 saturated heterocycles. The number of urea groups is 1. The summed E-state index contributed by atoms with van der Waals surface area (Å²) in [5.74, 6) is -0.0751. The van der Waals surface area contributed by atoms with Gasteiger partial charge in [0.1, 0.15) is 0 Å². The van der Waals surface area contributed by atoms with Gasteiger partial charge in [0.2, 0.25) is 0 Å². The zero-order valence-electron chi connectivity index (χ0n) is 9.88. The molecule has 1 heterocycles. The summed E-state index contributed by atoms with van der Waals surface area (Å²) in [5.41, 5.74) is 1.77. The first-order valence-corrected chi connectivity index (χ1v) is 7.21. The van der Waals surface area contributed by atoms with Crippen LogP contribution < -0.4 is 10.6 Å². The fourth-order valence-corrected chi connectivity index (χ4v) is 2.87. The van der Waals surface area contributed by atoms with E-state index >= 15 is 0 Å². The minimum atomic E-state index is -3.14. The van der Waals surface area contributed by atoms with Crippen molar-refractivity contribution in [2.45, 2.75) is 13.0 Å². The molecule has 6 heteroatoms. The van der Waals surface area contributed by atoms with Crippen LogP contribution in [0.4, 0.5) is 10.5 Å². The number of rotatable bonds is 2. The SMILES string of the molecule is Cc1ccc(NC(=O)NC2C=CS(=O)(=O)C2)cc1. The lowest BCUT2D eigenvalue weighted by atomic mass is 10.2. The van der Waals surface area contributed by atoms with E-state index < -0.39 is 21.9 Å². The maximum Gasteiger partial charge on any atom is 0.319 e. The molecule has 1 atom stereocenters. The molecule has 2 N–H and O–H groups in total. The standard InChI is InChI=1S/C12H14N2O3S/c1-9-2-4-10(5-3-9)13-12(15)14-11-6-7-18(16,17)8-11/h2-7,11H,8H2,1H3,(H2,13,14,15). The van der Waals surface area contributed by atoms with E-state index in [1.54, 1.807) is 12.1 Å². The number of amides is 2. The highest BCUT2D eigenvalue weighted by Gasteiger charge is 2.22. The van der Waals surface area contributed by atoms with E-state index in [-0.39, 0.29) is 5.75 Å². The number of carbonyl (C=O) groups excluding carboxylic acids is 1. The Bertz CT molecular complexity index is 576. The molecule has 1 aliphatic heterocycles. The van der Waals surface area contributed by atoms with Crippen LogP contribution in [0.5, 0.6) is 0 Å². The molecule has 96 valence electrons. The zero-order valence-corrected chi connectivity index (χ0v) is 10.7. The van der Waals surface area contributed by atoms with Gasteiger partial charge in [0, 0.05) is 11.1 Å². The Labute approximate surface area is 106 Å². The van der Waals surface area contributed by atoms with Crippen LogP contribution in [0.15, 0.2) is 35.7 Å². The third-order valence-corrected chi connectivity index (χ3v) is 3.95. The molecule has 0 fully saturated rings. The van der Waals surface area contributed by atoms with Gasteiger partial charge in [-0.25, -0.2) is 13.2 Å². The van der Waals surface area contributed by atoms with E-state index in [1.807, 2.05) is 19.1 Å². The van der Waals surface area contributed by atoms with E-state index in [0.29, 0.717) is 5.69 Å². The van der Waals surface area contributed by atoms with Gasteiger partial charge < -0.3 is 10.6 Å². The minimum absolute atomic E-state index is 0.0751. The van der Waals surface area contributed by atoms with Gasteiger partial charge in [-0.2, -0.15) is 0 Å².